The molecule has 0 aromatic carbocycles. The lowest BCUT2D eigenvalue weighted by atomic mass is 9.99. The van der Waals surface area contributed by atoms with Crippen LogP contribution in [0.3, 0.4) is 0 Å². The summed E-state index contributed by atoms with van der Waals surface area (Å²) in [5.41, 5.74) is 0.803. The van der Waals surface area contributed by atoms with Crippen molar-refractivity contribution in [3.05, 3.63) is 11.1 Å². The van der Waals surface area contributed by atoms with E-state index < -0.39 is 0 Å². The molecule has 0 radical (unpaired) electrons. The highest BCUT2D eigenvalue weighted by Gasteiger charge is 2.22. The number of nitrogens with zero attached hydrogens (tertiary/aromatic N) is 2. The van der Waals surface area contributed by atoms with Gasteiger partial charge in [0.1, 0.15) is 0 Å². The first kappa shape index (κ1) is 15.3. The Balaban J connectivity index is 1.92. The number of anilines is 1. The van der Waals surface area contributed by atoms with Gasteiger partial charge in [0.05, 0.1) is 25.3 Å². The van der Waals surface area contributed by atoms with E-state index in [0.29, 0.717) is 12.5 Å². The molecule has 0 aliphatic carbocycles. The third-order valence-electron chi connectivity index (χ3n) is 3.36. The predicted molar refractivity (Wildman–Crippen MR) is 79.3 cm³/mol. The molecule has 20 heavy (non-hydrogen) atoms. The van der Waals surface area contributed by atoms with Crippen LogP contribution in [0.2, 0.25) is 0 Å². The molecule has 0 spiro atoms. The van der Waals surface area contributed by atoms with Gasteiger partial charge in [-0.05, 0) is 25.7 Å². The molecule has 1 saturated heterocycles. The zero-order chi connectivity index (χ0) is 14.4. The Morgan fingerprint density at radius 3 is 3.20 bits per heavy atom. The summed E-state index contributed by atoms with van der Waals surface area (Å²) in [5.74, 6) is 0.367. The SMILES string of the molecule is CCOC(=O)Cc1csc(N2CCCC(COC)C2)n1. The summed E-state index contributed by atoms with van der Waals surface area (Å²) in [6.07, 6.45) is 2.64. The van der Waals surface area contributed by atoms with Gasteiger partial charge in [-0.15, -0.1) is 11.3 Å². The van der Waals surface area contributed by atoms with E-state index in [4.69, 9.17) is 9.47 Å². The Hall–Kier alpha value is -1.14. The van der Waals surface area contributed by atoms with Crippen LogP contribution in [0.1, 0.15) is 25.5 Å². The maximum atomic E-state index is 11.4. The summed E-state index contributed by atoms with van der Waals surface area (Å²) in [7, 11) is 1.75. The molecule has 6 heteroatoms. The molecule has 0 bridgehead atoms. The summed E-state index contributed by atoms with van der Waals surface area (Å²) < 4.78 is 10.2. The van der Waals surface area contributed by atoms with Crippen LogP contribution in [-0.4, -0.2) is 44.4 Å². The lowest BCUT2D eigenvalue weighted by Gasteiger charge is -2.32. The smallest absolute Gasteiger partial charge is 0.311 e. The summed E-state index contributed by atoms with van der Waals surface area (Å²) in [6.45, 7) is 5.05. The Labute approximate surface area is 123 Å². The van der Waals surface area contributed by atoms with E-state index in [9.17, 15) is 4.79 Å². The Morgan fingerprint density at radius 1 is 1.60 bits per heavy atom. The van der Waals surface area contributed by atoms with E-state index in [1.54, 1.807) is 18.4 Å². The van der Waals surface area contributed by atoms with E-state index >= 15 is 0 Å². The molecule has 1 aromatic rings. The van der Waals surface area contributed by atoms with Crippen molar-refractivity contribution in [1.29, 1.82) is 0 Å². The molecule has 2 rings (SSSR count). The van der Waals surface area contributed by atoms with Crippen LogP contribution in [0.4, 0.5) is 5.13 Å². The maximum Gasteiger partial charge on any atom is 0.311 e. The van der Waals surface area contributed by atoms with Gasteiger partial charge in [-0.1, -0.05) is 0 Å². The normalized spacial score (nSPS) is 19.1. The number of thiazole rings is 1. The first-order valence-corrected chi connectivity index (χ1v) is 7.94. The maximum absolute atomic E-state index is 11.4. The Bertz CT molecular complexity index is 434. The first-order valence-electron chi connectivity index (χ1n) is 7.06. The van der Waals surface area contributed by atoms with Gasteiger partial charge in [-0.25, -0.2) is 4.98 Å². The van der Waals surface area contributed by atoms with E-state index in [1.807, 2.05) is 12.3 Å². The number of rotatable bonds is 6. The van der Waals surface area contributed by atoms with E-state index in [2.05, 4.69) is 9.88 Å². The molecule has 1 aliphatic rings. The molecule has 1 fully saturated rings. The molecule has 112 valence electrons. The average molecular weight is 298 g/mol. The van der Waals surface area contributed by atoms with Gasteiger partial charge in [0.15, 0.2) is 5.13 Å². The molecule has 2 heterocycles. The van der Waals surface area contributed by atoms with Crippen molar-refractivity contribution in [1.82, 2.24) is 4.98 Å². The Morgan fingerprint density at radius 2 is 2.45 bits per heavy atom. The minimum absolute atomic E-state index is 0.208. The van der Waals surface area contributed by atoms with Crippen molar-refractivity contribution >= 4 is 22.4 Å². The lowest BCUT2D eigenvalue weighted by molar-refractivity contribution is -0.142. The number of esters is 1. The van der Waals surface area contributed by atoms with Gasteiger partial charge in [0.25, 0.3) is 0 Å². The van der Waals surface area contributed by atoms with Crippen LogP contribution in [0, 0.1) is 5.92 Å². The summed E-state index contributed by atoms with van der Waals surface area (Å²) in [4.78, 5) is 18.3. The second kappa shape index (κ2) is 7.59. The molecule has 0 N–H and O–H groups in total. The van der Waals surface area contributed by atoms with Crippen molar-refractivity contribution in [2.45, 2.75) is 26.2 Å². The second-order valence-corrected chi connectivity index (χ2v) is 5.85. The van der Waals surface area contributed by atoms with Crippen LogP contribution < -0.4 is 4.90 Å². The molecule has 1 unspecified atom stereocenters. The number of ether oxygens (including phenoxy) is 2. The van der Waals surface area contributed by atoms with Crippen molar-refractivity contribution < 1.29 is 14.3 Å². The Kier molecular flexibility index (Phi) is 5.79. The van der Waals surface area contributed by atoms with Crippen molar-refractivity contribution in [2.24, 2.45) is 5.92 Å². The molecule has 0 amide bonds. The van der Waals surface area contributed by atoms with Crippen molar-refractivity contribution in [2.75, 3.05) is 38.3 Å². The van der Waals surface area contributed by atoms with Gasteiger partial charge in [0, 0.05) is 25.6 Å². The highest BCUT2D eigenvalue weighted by atomic mass is 32.1. The summed E-state index contributed by atoms with van der Waals surface area (Å²) in [5, 5.41) is 2.96. The fraction of sp³-hybridized carbons (Fsp3) is 0.714. The van der Waals surface area contributed by atoms with Gasteiger partial charge >= 0.3 is 5.97 Å². The molecule has 1 aromatic heterocycles. The molecular weight excluding hydrogens is 276 g/mol. The van der Waals surface area contributed by atoms with Gasteiger partial charge < -0.3 is 14.4 Å². The molecule has 5 nitrogen and oxygen atoms in total. The van der Waals surface area contributed by atoms with E-state index in [-0.39, 0.29) is 12.4 Å². The fourth-order valence-corrected chi connectivity index (χ4v) is 3.36. The zero-order valence-corrected chi connectivity index (χ0v) is 12.9. The first-order chi connectivity index (χ1) is 9.72. The summed E-state index contributed by atoms with van der Waals surface area (Å²) in [6, 6.07) is 0. The number of carbonyl (C=O) groups excluding carboxylic acids is 1. The van der Waals surface area contributed by atoms with Crippen LogP contribution in [0.25, 0.3) is 0 Å². The van der Waals surface area contributed by atoms with Crippen LogP contribution in [0.15, 0.2) is 5.38 Å². The summed E-state index contributed by atoms with van der Waals surface area (Å²) >= 11 is 1.60. The van der Waals surface area contributed by atoms with Crippen LogP contribution in [-0.2, 0) is 20.7 Å². The van der Waals surface area contributed by atoms with Gasteiger partial charge in [-0.2, -0.15) is 0 Å². The van der Waals surface area contributed by atoms with Gasteiger partial charge in [-0.3, -0.25) is 4.79 Å². The van der Waals surface area contributed by atoms with E-state index in [1.165, 1.54) is 12.8 Å². The molecule has 1 aliphatic heterocycles. The van der Waals surface area contributed by atoms with Crippen molar-refractivity contribution in [3.63, 3.8) is 0 Å². The fourth-order valence-electron chi connectivity index (χ4n) is 2.49. The average Bonchev–Trinajstić information content (AvgIpc) is 2.88. The topological polar surface area (TPSA) is 51.7 Å². The van der Waals surface area contributed by atoms with Crippen molar-refractivity contribution in [3.8, 4) is 0 Å². The second-order valence-electron chi connectivity index (χ2n) is 5.01. The number of aromatic nitrogens is 1. The zero-order valence-electron chi connectivity index (χ0n) is 12.1. The number of carbonyl (C=O) groups is 1. The lowest BCUT2D eigenvalue weighted by Crippen LogP contribution is -2.37. The van der Waals surface area contributed by atoms with Crippen LogP contribution >= 0.6 is 11.3 Å². The third kappa shape index (κ3) is 4.18. The largest absolute Gasteiger partial charge is 0.466 e. The third-order valence-corrected chi connectivity index (χ3v) is 4.31. The highest BCUT2D eigenvalue weighted by molar-refractivity contribution is 7.13. The number of methoxy groups -OCH3 is 1. The quantitative estimate of drug-likeness (QED) is 0.753. The molecule has 0 saturated carbocycles. The monoisotopic (exact) mass is 298 g/mol. The standard InChI is InChI=1S/C14H22N2O3S/c1-3-19-13(17)7-12-10-20-14(15-12)16-6-4-5-11(8-16)9-18-2/h10-11H,3-9H2,1-2H3. The van der Waals surface area contributed by atoms with Crippen LogP contribution in [0.5, 0.6) is 0 Å². The molecular formula is C14H22N2O3S. The van der Waals surface area contributed by atoms with Gasteiger partial charge in [0.2, 0.25) is 0 Å². The highest BCUT2D eigenvalue weighted by Crippen LogP contribution is 2.26. The van der Waals surface area contributed by atoms with E-state index in [0.717, 1.165) is 30.5 Å². The minimum Gasteiger partial charge on any atom is -0.466 e. The number of hydrogen-bond donors (Lipinski definition) is 0. The molecule has 1 atom stereocenters. The number of piperidine rings is 1. The minimum atomic E-state index is -0.208. The number of hydrogen-bond acceptors (Lipinski definition) is 6. The predicted octanol–water partition coefficient (Wildman–Crippen LogP) is 2.11.